The number of ether oxygens (including phenoxy) is 1. The Hall–Kier alpha value is -3.44. The van der Waals surface area contributed by atoms with Crippen LogP contribution in [0, 0.1) is 0 Å². The second kappa shape index (κ2) is 9.58. The monoisotopic (exact) mass is 451 g/mol. The molecule has 31 heavy (non-hydrogen) atoms. The largest absolute Gasteiger partial charge is 0.507 e. The molecule has 2 N–H and O–H groups in total. The summed E-state index contributed by atoms with van der Waals surface area (Å²) in [5.74, 6) is -1.60. The number of hydrogen-bond acceptors (Lipinski definition) is 5. The van der Waals surface area contributed by atoms with Gasteiger partial charge in [0, 0.05) is 12.5 Å². The average molecular weight is 451 g/mol. The van der Waals surface area contributed by atoms with Crippen molar-refractivity contribution in [2.75, 3.05) is 13.2 Å². The zero-order chi connectivity index (χ0) is 23.2. The van der Waals surface area contributed by atoms with Crippen LogP contribution in [0.4, 0.5) is 26.3 Å². The molecule has 0 heterocycles. The fourth-order valence-corrected chi connectivity index (χ4v) is 2.30. The van der Waals surface area contributed by atoms with E-state index >= 15 is 0 Å². The van der Waals surface area contributed by atoms with Crippen LogP contribution in [0.2, 0.25) is 0 Å². The van der Waals surface area contributed by atoms with Crippen LogP contribution in [0.3, 0.4) is 0 Å². The Kier molecular flexibility index (Phi) is 7.37. The van der Waals surface area contributed by atoms with Crippen molar-refractivity contribution >= 4 is 12.2 Å². The van der Waals surface area contributed by atoms with Gasteiger partial charge in [0.1, 0.15) is 23.7 Å². The number of alkyl halides is 6. The van der Waals surface area contributed by atoms with E-state index in [1.54, 1.807) is 0 Å². The van der Waals surface area contributed by atoms with Crippen molar-refractivity contribution in [3.8, 4) is 11.5 Å². The first-order valence-corrected chi connectivity index (χ1v) is 8.52. The van der Waals surface area contributed by atoms with Crippen molar-refractivity contribution in [1.29, 1.82) is 0 Å². The minimum Gasteiger partial charge on any atom is -0.507 e. The molecule has 0 saturated heterocycles. The summed E-state index contributed by atoms with van der Waals surface area (Å²) in [4.78, 5) is 15.6. The Bertz CT molecular complexity index is 924. The van der Waals surface area contributed by atoms with E-state index < -0.39 is 40.8 Å². The number of oxime groups is 1. The first-order chi connectivity index (χ1) is 14.4. The lowest BCUT2D eigenvalue weighted by atomic mass is 10.1. The second-order valence-electron chi connectivity index (χ2n) is 6.09. The molecule has 0 spiro atoms. The van der Waals surface area contributed by atoms with Crippen LogP contribution < -0.4 is 4.74 Å². The fourth-order valence-electron chi connectivity index (χ4n) is 2.30. The number of aromatic hydroxyl groups is 1. The topological polar surface area (TPSA) is 88.4 Å². The molecule has 0 amide bonds. The first-order valence-electron chi connectivity index (χ1n) is 8.52. The summed E-state index contributed by atoms with van der Waals surface area (Å²) in [6.07, 6.45) is -8.96. The average Bonchev–Trinajstić information content (AvgIpc) is 2.65. The van der Waals surface area contributed by atoms with Crippen LogP contribution in [0.25, 0.3) is 0 Å². The summed E-state index contributed by atoms with van der Waals surface area (Å²) in [7, 11) is 0. The second-order valence-corrected chi connectivity index (χ2v) is 6.09. The quantitative estimate of drug-likeness (QED) is 0.257. The Morgan fingerprint density at radius 1 is 0.968 bits per heavy atom. The van der Waals surface area contributed by atoms with Crippen molar-refractivity contribution in [3.05, 3.63) is 58.7 Å². The molecule has 0 fully saturated rings. The molecule has 0 bridgehead atoms. The lowest BCUT2D eigenvalue weighted by Gasteiger charge is -2.12. The molecule has 0 aliphatic heterocycles. The van der Waals surface area contributed by atoms with E-state index in [4.69, 9.17) is 14.7 Å². The van der Waals surface area contributed by atoms with Gasteiger partial charge in [-0.05, 0) is 35.9 Å². The number of carboxylic acids is 1. The molecule has 0 aliphatic carbocycles. The Morgan fingerprint density at radius 2 is 1.58 bits per heavy atom. The van der Waals surface area contributed by atoms with Gasteiger partial charge in [-0.15, -0.1) is 0 Å². The molecule has 0 unspecified atom stereocenters. The van der Waals surface area contributed by atoms with Crippen molar-refractivity contribution in [2.24, 2.45) is 5.16 Å². The highest BCUT2D eigenvalue weighted by molar-refractivity contribution is 5.90. The molecule has 0 radical (unpaired) electrons. The van der Waals surface area contributed by atoms with E-state index in [0.29, 0.717) is 12.1 Å². The number of halogens is 6. The van der Waals surface area contributed by atoms with Crippen LogP contribution in [0.1, 0.15) is 33.5 Å². The SMILES string of the molecule is O=C(O)c1ccc(OCCCON=Cc2cc(C(F)(F)F)cc(C(F)(F)F)c2)cc1O. The highest BCUT2D eigenvalue weighted by atomic mass is 19.4. The maximum Gasteiger partial charge on any atom is 0.416 e. The molecule has 0 aromatic heterocycles. The van der Waals surface area contributed by atoms with Gasteiger partial charge in [-0.25, -0.2) is 4.79 Å². The summed E-state index contributed by atoms with van der Waals surface area (Å²) in [5.41, 5.74) is -3.66. The molecular weight excluding hydrogens is 436 g/mol. The third-order valence-electron chi connectivity index (χ3n) is 3.73. The summed E-state index contributed by atoms with van der Waals surface area (Å²) >= 11 is 0. The number of hydrogen-bond donors (Lipinski definition) is 2. The zero-order valence-corrected chi connectivity index (χ0v) is 15.5. The minimum absolute atomic E-state index is 0.0102. The highest BCUT2D eigenvalue weighted by Gasteiger charge is 2.36. The van der Waals surface area contributed by atoms with Crippen molar-refractivity contribution in [1.82, 2.24) is 0 Å². The van der Waals surface area contributed by atoms with Gasteiger partial charge in [0.15, 0.2) is 0 Å². The zero-order valence-electron chi connectivity index (χ0n) is 15.5. The van der Waals surface area contributed by atoms with E-state index in [2.05, 4.69) is 5.16 Å². The van der Waals surface area contributed by atoms with Crippen LogP contribution in [-0.4, -0.2) is 35.6 Å². The molecule has 168 valence electrons. The van der Waals surface area contributed by atoms with Crippen LogP contribution >= 0.6 is 0 Å². The third-order valence-corrected chi connectivity index (χ3v) is 3.73. The number of carboxylic acid groups (broad SMARTS) is 1. The van der Waals surface area contributed by atoms with E-state index in [1.807, 2.05) is 0 Å². The number of phenols is 1. The van der Waals surface area contributed by atoms with Crippen LogP contribution in [0.15, 0.2) is 41.6 Å². The maximum absolute atomic E-state index is 12.8. The number of benzene rings is 2. The van der Waals surface area contributed by atoms with Crippen LogP contribution in [0.5, 0.6) is 11.5 Å². The molecule has 0 atom stereocenters. The molecule has 2 aromatic rings. The minimum atomic E-state index is -4.96. The standard InChI is InChI=1S/C19H15F6NO5/c20-18(21,22)12-6-11(7-13(8-12)19(23,24)25)10-26-31-5-1-4-30-14-2-3-15(17(28)29)16(27)9-14/h2-3,6-10,27H,1,4-5H2,(H,28,29). The number of rotatable bonds is 8. The Morgan fingerprint density at radius 3 is 2.10 bits per heavy atom. The number of aromatic carboxylic acids is 1. The van der Waals surface area contributed by atoms with E-state index in [-0.39, 0.29) is 37.0 Å². The summed E-state index contributed by atoms with van der Waals surface area (Å²) < 4.78 is 82.0. The number of carbonyl (C=O) groups is 1. The van der Waals surface area contributed by atoms with Gasteiger partial charge in [0.25, 0.3) is 0 Å². The smallest absolute Gasteiger partial charge is 0.416 e. The van der Waals surface area contributed by atoms with Crippen molar-refractivity contribution in [3.63, 3.8) is 0 Å². The summed E-state index contributed by atoms with van der Waals surface area (Å²) in [6, 6.07) is 4.62. The molecule has 6 nitrogen and oxygen atoms in total. The van der Waals surface area contributed by atoms with Gasteiger partial charge in [-0.3, -0.25) is 0 Å². The van der Waals surface area contributed by atoms with E-state index in [9.17, 15) is 36.2 Å². The summed E-state index contributed by atoms with van der Waals surface area (Å²) in [6.45, 7) is -0.00998. The highest BCUT2D eigenvalue weighted by Crippen LogP contribution is 2.36. The predicted molar refractivity (Wildman–Crippen MR) is 95.2 cm³/mol. The van der Waals surface area contributed by atoms with Crippen molar-refractivity contribution in [2.45, 2.75) is 18.8 Å². The Balaban J connectivity index is 1.88. The van der Waals surface area contributed by atoms with Gasteiger partial charge in [0.05, 0.1) is 23.9 Å². The fraction of sp³-hybridized carbons (Fsp3) is 0.263. The van der Waals surface area contributed by atoms with Crippen LogP contribution in [-0.2, 0) is 17.2 Å². The lowest BCUT2D eigenvalue weighted by Crippen LogP contribution is -2.11. The van der Waals surface area contributed by atoms with Gasteiger partial charge in [-0.2, -0.15) is 26.3 Å². The molecule has 2 rings (SSSR count). The predicted octanol–water partition coefficient (Wildman–Crippen LogP) is 4.95. The third kappa shape index (κ3) is 7.08. The Labute approximate surface area is 171 Å². The molecule has 0 aliphatic rings. The molecule has 0 saturated carbocycles. The van der Waals surface area contributed by atoms with Gasteiger partial charge in [0.2, 0.25) is 0 Å². The molecular formula is C19H15F6NO5. The first kappa shape index (κ1) is 23.8. The van der Waals surface area contributed by atoms with Crippen molar-refractivity contribution < 1.29 is 50.9 Å². The van der Waals surface area contributed by atoms with E-state index in [0.717, 1.165) is 18.3 Å². The molecule has 12 heteroatoms. The van der Waals surface area contributed by atoms with Gasteiger partial charge < -0.3 is 19.8 Å². The van der Waals surface area contributed by atoms with Gasteiger partial charge in [-0.1, -0.05) is 5.16 Å². The van der Waals surface area contributed by atoms with E-state index in [1.165, 1.54) is 6.07 Å². The normalized spacial score (nSPS) is 12.2. The lowest BCUT2D eigenvalue weighted by molar-refractivity contribution is -0.143. The number of nitrogens with zero attached hydrogens (tertiary/aromatic N) is 1. The maximum atomic E-state index is 12.8. The van der Waals surface area contributed by atoms with Gasteiger partial charge >= 0.3 is 18.3 Å². The molecule has 2 aromatic carbocycles. The summed E-state index contributed by atoms with van der Waals surface area (Å²) in [5, 5.41) is 21.7.